The van der Waals surface area contributed by atoms with Gasteiger partial charge in [0.05, 0.1) is 25.4 Å². The van der Waals surface area contributed by atoms with Gasteiger partial charge in [-0.25, -0.2) is 9.18 Å². The third kappa shape index (κ3) is 8.49. The Morgan fingerprint density at radius 3 is 2.76 bits per heavy atom. The van der Waals surface area contributed by atoms with Crippen molar-refractivity contribution in [1.29, 1.82) is 0 Å². The summed E-state index contributed by atoms with van der Waals surface area (Å²) in [6.45, 7) is 9.70. The minimum absolute atomic E-state index is 0.162. The maximum atomic E-state index is 14.0. The molecule has 2 aromatic rings. The highest BCUT2D eigenvalue weighted by Gasteiger charge is 2.27. The van der Waals surface area contributed by atoms with Crippen LogP contribution in [0.2, 0.25) is 0 Å². The number of benzene rings is 2. The number of likely N-dealkylation sites (tertiary alicyclic amines) is 1. The van der Waals surface area contributed by atoms with Crippen molar-refractivity contribution in [2.45, 2.75) is 78.0 Å². The smallest absolute Gasteiger partial charge is 0.330 e. The van der Waals surface area contributed by atoms with Crippen LogP contribution in [0.3, 0.4) is 0 Å². The van der Waals surface area contributed by atoms with Gasteiger partial charge in [-0.3, -0.25) is 4.90 Å². The summed E-state index contributed by atoms with van der Waals surface area (Å²) in [6.07, 6.45) is 7.07. The standard InChI is InChI=1S/C31H42FNO4/c1-5-9-30(28-12-7-10-22(3)27(28)15-16-31(35)36-6-2)37-21-26(34)20-33-17-8-11-25(33)18-24-14-13-23(4)29(32)19-24/h7,10,12-16,19,25-26,30,34H,5-6,8-9,11,17-18,20-21H2,1-4H3/b16-15+/t25-,26+,30+/m0/s1. The molecule has 3 atom stereocenters. The Labute approximate surface area is 221 Å². The molecule has 1 fully saturated rings. The van der Waals surface area contributed by atoms with Crippen LogP contribution in [-0.2, 0) is 20.7 Å². The van der Waals surface area contributed by atoms with Gasteiger partial charge in [-0.1, -0.05) is 43.7 Å². The van der Waals surface area contributed by atoms with E-state index in [1.165, 1.54) is 6.08 Å². The van der Waals surface area contributed by atoms with Gasteiger partial charge in [-0.05, 0) is 93.0 Å². The van der Waals surface area contributed by atoms with Crippen LogP contribution in [0.4, 0.5) is 4.39 Å². The molecule has 1 aliphatic heterocycles. The van der Waals surface area contributed by atoms with Crippen molar-refractivity contribution >= 4 is 12.0 Å². The summed E-state index contributed by atoms with van der Waals surface area (Å²) in [7, 11) is 0. The van der Waals surface area contributed by atoms with Gasteiger partial charge < -0.3 is 14.6 Å². The second-order valence-corrected chi connectivity index (χ2v) is 10.0. The Kier molecular flexibility index (Phi) is 11.3. The SMILES string of the molecule is CCC[C@@H](OC[C@H](O)CN1CCC[C@H]1Cc1ccc(C)c(F)c1)c1cccc(C)c1/C=C/C(=O)OCC. The number of carbonyl (C=O) groups excluding carboxylic acids is 1. The molecule has 1 heterocycles. The van der Waals surface area contributed by atoms with Crippen LogP contribution in [0, 0.1) is 19.7 Å². The Hall–Kier alpha value is -2.54. The van der Waals surface area contributed by atoms with E-state index >= 15 is 0 Å². The Morgan fingerprint density at radius 2 is 2.03 bits per heavy atom. The highest BCUT2D eigenvalue weighted by Crippen LogP contribution is 2.30. The third-order valence-corrected chi connectivity index (χ3v) is 7.07. The van der Waals surface area contributed by atoms with Crippen molar-refractivity contribution < 1.29 is 23.8 Å². The zero-order valence-electron chi connectivity index (χ0n) is 22.7. The maximum Gasteiger partial charge on any atom is 0.330 e. The largest absolute Gasteiger partial charge is 0.463 e. The summed E-state index contributed by atoms with van der Waals surface area (Å²) >= 11 is 0. The van der Waals surface area contributed by atoms with E-state index in [2.05, 4.69) is 11.8 Å². The summed E-state index contributed by atoms with van der Waals surface area (Å²) in [5.41, 5.74) is 4.67. The fourth-order valence-electron chi connectivity index (χ4n) is 5.10. The molecule has 6 heteroatoms. The average Bonchev–Trinajstić information content (AvgIpc) is 3.29. The summed E-state index contributed by atoms with van der Waals surface area (Å²) in [5.74, 6) is -0.529. The Morgan fingerprint density at radius 1 is 1.22 bits per heavy atom. The first-order valence-electron chi connectivity index (χ1n) is 13.5. The first-order valence-corrected chi connectivity index (χ1v) is 13.5. The maximum absolute atomic E-state index is 14.0. The van der Waals surface area contributed by atoms with Crippen molar-refractivity contribution in [3.8, 4) is 0 Å². The molecule has 1 saturated heterocycles. The van der Waals surface area contributed by atoms with E-state index in [4.69, 9.17) is 9.47 Å². The van der Waals surface area contributed by atoms with Crippen molar-refractivity contribution in [2.24, 2.45) is 0 Å². The number of aliphatic hydroxyl groups is 1. The average molecular weight is 512 g/mol. The summed E-state index contributed by atoms with van der Waals surface area (Å²) in [6, 6.07) is 11.8. The van der Waals surface area contributed by atoms with E-state index in [9.17, 15) is 14.3 Å². The molecule has 1 aliphatic rings. The molecule has 2 aromatic carbocycles. The molecule has 3 rings (SSSR count). The number of carbonyl (C=O) groups is 1. The molecule has 0 bridgehead atoms. The summed E-state index contributed by atoms with van der Waals surface area (Å²) in [5, 5.41) is 10.9. The molecular formula is C31H42FNO4. The van der Waals surface area contributed by atoms with Crippen molar-refractivity contribution in [3.63, 3.8) is 0 Å². The number of aliphatic hydroxyl groups excluding tert-OH is 1. The number of ether oxygens (including phenoxy) is 2. The normalized spacial score (nSPS) is 17.8. The lowest BCUT2D eigenvalue weighted by Crippen LogP contribution is -2.39. The van der Waals surface area contributed by atoms with Crippen LogP contribution in [0.5, 0.6) is 0 Å². The fraction of sp³-hybridized carbons (Fsp3) is 0.516. The molecule has 0 aromatic heterocycles. The van der Waals surface area contributed by atoms with E-state index in [1.807, 2.05) is 37.3 Å². The number of halogens is 1. The predicted molar refractivity (Wildman–Crippen MR) is 146 cm³/mol. The second-order valence-electron chi connectivity index (χ2n) is 10.0. The van der Waals surface area contributed by atoms with Gasteiger partial charge in [0.1, 0.15) is 5.82 Å². The van der Waals surface area contributed by atoms with E-state index in [0.717, 1.165) is 60.9 Å². The van der Waals surface area contributed by atoms with Crippen LogP contribution in [0.25, 0.3) is 6.08 Å². The van der Waals surface area contributed by atoms with Crippen LogP contribution in [-0.4, -0.2) is 54.4 Å². The number of β-amino-alcohol motifs (C(OH)–C–C–N with tert-alkyl or cyclic N) is 1. The van der Waals surface area contributed by atoms with E-state index in [-0.39, 0.29) is 24.5 Å². The minimum atomic E-state index is -0.627. The minimum Gasteiger partial charge on any atom is -0.463 e. The lowest BCUT2D eigenvalue weighted by atomic mass is 9.95. The Bertz CT molecular complexity index is 1050. The molecule has 202 valence electrons. The summed E-state index contributed by atoms with van der Waals surface area (Å²) in [4.78, 5) is 14.2. The van der Waals surface area contributed by atoms with Gasteiger partial charge in [0.2, 0.25) is 0 Å². The highest BCUT2D eigenvalue weighted by molar-refractivity contribution is 5.87. The first kappa shape index (κ1) is 29.0. The zero-order valence-corrected chi connectivity index (χ0v) is 22.7. The molecule has 0 amide bonds. The quantitative estimate of drug-likeness (QED) is 0.266. The van der Waals surface area contributed by atoms with Gasteiger partial charge in [0, 0.05) is 18.7 Å². The molecule has 0 unspecified atom stereocenters. The zero-order chi connectivity index (χ0) is 26.8. The first-order chi connectivity index (χ1) is 17.8. The second kappa shape index (κ2) is 14.4. The molecule has 0 aliphatic carbocycles. The van der Waals surface area contributed by atoms with Crippen LogP contribution in [0.15, 0.2) is 42.5 Å². The third-order valence-electron chi connectivity index (χ3n) is 7.07. The molecular weight excluding hydrogens is 469 g/mol. The van der Waals surface area contributed by atoms with Gasteiger partial charge in [0.25, 0.3) is 0 Å². The van der Waals surface area contributed by atoms with Crippen LogP contribution in [0.1, 0.15) is 73.5 Å². The molecule has 0 spiro atoms. The van der Waals surface area contributed by atoms with E-state index in [0.29, 0.717) is 24.8 Å². The predicted octanol–water partition coefficient (Wildman–Crippen LogP) is 5.94. The van der Waals surface area contributed by atoms with Gasteiger partial charge in [-0.15, -0.1) is 0 Å². The number of nitrogens with zero attached hydrogens (tertiary/aromatic N) is 1. The number of aryl methyl sites for hydroxylation is 2. The molecule has 0 saturated carbocycles. The number of esters is 1. The topological polar surface area (TPSA) is 59.0 Å². The van der Waals surface area contributed by atoms with Crippen LogP contribution >= 0.6 is 0 Å². The van der Waals surface area contributed by atoms with E-state index in [1.54, 1.807) is 26.0 Å². The molecule has 5 nitrogen and oxygen atoms in total. The molecule has 37 heavy (non-hydrogen) atoms. The lowest BCUT2D eigenvalue weighted by Gasteiger charge is -2.28. The van der Waals surface area contributed by atoms with Gasteiger partial charge in [-0.2, -0.15) is 0 Å². The van der Waals surface area contributed by atoms with Crippen molar-refractivity contribution in [2.75, 3.05) is 26.3 Å². The number of hydrogen-bond acceptors (Lipinski definition) is 5. The molecule has 1 N–H and O–H groups in total. The number of rotatable bonds is 13. The fourth-order valence-corrected chi connectivity index (χ4v) is 5.10. The highest BCUT2D eigenvalue weighted by atomic mass is 19.1. The van der Waals surface area contributed by atoms with E-state index < -0.39 is 6.10 Å². The van der Waals surface area contributed by atoms with Crippen LogP contribution < -0.4 is 0 Å². The summed E-state index contributed by atoms with van der Waals surface area (Å²) < 4.78 is 25.4. The van der Waals surface area contributed by atoms with Gasteiger partial charge in [0.15, 0.2) is 0 Å². The lowest BCUT2D eigenvalue weighted by molar-refractivity contribution is -0.137. The van der Waals surface area contributed by atoms with Gasteiger partial charge >= 0.3 is 5.97 Å². The molecule has 0 radical (unpaired) electrons. The Balaban J connectivity index is 1.63. The van der Waals surface area contributed by atoms with Crippen molar-refractivity contribution in [1.82, 2.24) is 4.90 Å². The number of hydrogen-bond donors (Lipinski definition) is 1. The monoisotopic (exact) mass is 511 g/mol. The van der Waals surface area contributed by atoms with Crippen molar-refractivity contribution in [3.05, 3.63) is 76.1 Å².